The first kappa shape index (κ1) is 14.7. The number of amides is 1. The van der Waals surface area contributed by atoms with Gasteiger partial charge in [0.05, 0.1) is 5.60 Å². The first-order chi connectivity index (χ1) is 8.30. The van der Waals surface area contributed by atoms with E-state index < -0.39 is 5.60 Å². The Balaban J connectivity index is 2.53. The molecule has 0 saturated heterocycles. The minimum Gasteiger partial charge on any atom is -0.387 e. The summed E-state index contributed by atoms with van der Waals surface area (Å²) in [4.78, 5) is 13.7. The third-order valence-electron chi connectivity index (χ3n) is 2.60. The van der Waals surface area contributed by atoms with Gasteiger partial charge in [-0.3, -0.25) is 4.79 Å². The number of nitrogens with one attached hydrogen (secondary N) is 1. The predicted molar refractivity (Wildman–Crippen MR) is 72.7 cm³/mol. The molecule has 1 amide bonds. The smallest absolute Gasteiger partial charge is 0.251 e. The van der Waals surface area contributed by atoms with Gasteiger partial charge in [0.2, 0.25) is 0 Å². The molecule has 0 bridgehead atoms. The van der Waals surface area contributed by atoms with Crippen molar-refractivity contribution in [3.8, 4) is 0 Å². The van der Waals surface area contributed by atoms with Crippen molar-refractivity contribution < 1.29 is 9.90 Å². The van der Waals surface area contributed by atoms with Crippen molar-refractivity contribution in [1.29, 1.82) is 0 Å². The fraction of sp³-hybridized carbons (Fsp3) is 0.500. The summed E-state index contributed by atoms with van der Waals surface area (Å²) in [6.45, 7) is 4.42. The van der Waals surface area contributed by atoms with Crippen LogP contribution in [0, 0.1) is 6.92 Å². The molecule has 0 radical (unpaired) electrons. The SMILES string of the molecule is Cc1ccc(C(=O)NCC(C)(O)CN(C)C)cc1. The minimum atomic E-state index is -0.927. The Bertz CT molecular complexity index is 397. The largest absolute Gasteiger partial charge is 0.387 e. The third kappa shape index (κ3) is 4.85. The molecule has 1 unspecified atom stereocenters. The summed E-state index contributed by atoms with van der Waals surface area (Å²) < 4.78 is 0. The maximum atomic E-state index is 11.9. The van der Waals surface area contributed by atoms with Gasteiger partial charge in [-0.05, 0) is 40.1 Å². The summed E-state index contributed by atoms with van der Waals surface area (Å²) in [6, 6.07) is 7.36. The molecule has 1 aromatic rings. The van der Waals surface area contributed by atoms with Crippen molar-refractivity contribution >= 4 is 5.91 Å². The van der Waals surface area contributed by atoms with E-state index in [1.54, 1.807) is 19.1 Å². The highest BCUT2D eigenvalue weighted by atomic mass is 16.3. The van der Waals surface area contributed by atoms with Crippen LogP contribution in [-0.2, 0) is 0 Å². The lowest BCUT2D eigenvalue weighted by atomic mass is 10.1. The number of carbonyl (C=O) groups is 1. The van der Waals surface area contributed by atoms with Gasteiger partial charge in [0.15, 0.2) is 0 Å². The molecule has 0 aliphatic heterocycles. The number of hydrogen-bond acceptors (Lipinski definition) is 3. The Morgan fingerprint density at radius 1 is 1.33 bits per heavy atom. The van der Waals surface area contributed by atoms with E-state index in [-0.39, 0.29) is 12.5 Å². The second-order valence-corrected chi connectivity index (χ2v) is 5.28. The van der Waals surface area contributed by atoms with Crippen molar-refractivity contribution in [2.45, 2.75) is 19.4 Å². The van der Waals surface area contributed by atoms with Gasteiger partial charge in [-0.15, -0.1) is 0 Å². The molecular weight excluding hydrogens is 228 g/mol. The van der Waals surface area contributed by atoms with Crippen molar-refractivity contribution in [3.63, 3.8) is 0 Å². The van der Waals surface area contributed by atoms with Crippen LogP contribution in [0.2, 0.25) is 0 Å². The van der Waals surface area contributed by atoms with E-state index in [9.17, 15) is 9.90 Å². The first-order valence-electron chi connectivity index (χ1n) is 6.02. The van der Waals surface area contributed by atoms with E-state index in [1.807, 2.05) is 38.1 Å². The molecule has 100 valence electrons. The highest BCUT2D eigenvalue weighted by Crippen LogP contribution is 2.05. The van der Waals surface area contributed by atoms with E-state index in [1.165, 1.54) is 0 Å². The van der Waals surface area contributed by atoms with Crippen LogP contribution < -0.4 is 5.32 Å². The van der Waals surface area contributed by atoms with E-state index in [4.69, 9.17) is 0 Å². The molecule has 0 fully saturated rings. The molecule has 0 spiro atoms. The normalized spacial score (nSPS) is 14.3. The Morgan fingerprint density at radius 2 is 1.89 bits per heavy atom. The molecule has 0 saturated carbocycles. The number of likely N-dealkylation sites (N-methyl/N-ethyl adjacent to an activating group) is 1. The van der Waals surface area contributed by atoms with E-state index in [0.717, 1.165) is 5.56 Å². The van der Waals surface area contributed by atoms with Gasteiger partial charge in [-0.2, -0.15) is 0 Å². The molecule has 0 aliphatic rings. The van der Waals surface area contributed by atoms with Crippen LogP contribution in [0.5, 0.6) is 0 Å². The molecule has 0 aromatic heterocycles. The zero-order chi connectivity index (χ0) is 13.8. The van der Waals surface area contributed by atoms with Crippen LogP contribution in [0.15, 0.2) is 24.3 Å². The molecule has 18 heavy (non-hydrogen) atoms. The van der Waals surface area contributed by atoms with Gasteiger partial charge in [-0.25, -0.2) is 0 Å². The Kier molecular flexibility index (Phi) is 4.87. The lowest BCUT2D eigenvalue weighted by molar-refractivity contribution is 0.0326. The number of aliphatic hydroxyl groups is 1. The molecule has 0 heterocycles. The Hall–Kier alpha value is -1.39. The van der Waals surface area contributed by atoms with Crippen LogP contribution in [-0.4, -0.2) is 48.7 Å². The highest BCUT2D eigenvalue weighted by molar-refractivity contribution is 5.94. The summed E-state index contributed by atoms with van der Waals surface area (Å²) in [5, 5.41) is 12.8. The minimum absolute atomic E-state index is 0.158. The molecule has 1 atom stereocenters. The number of hydrogen-bond donors (Lipinski definition) is 2. The van der Waals surface area contributed by atoms with Gasteiger partial charge < -0.3 is 15.3 Å². The molecule has 1 rings (SSSR count). The maximum absolute atomic E-state index is 11.9. The van der Waals surface area contributed by atoms with Gasteiger partial charge in [0.25, 0.3) is 5.91 Å². The average molecular weight is 250 g/mol. The number of carbonyl (C=O) groups excluding carboxylic acids is 1. The topological polar surface area (TPSA) is 52.6 Å². The standard InChI is InChI=1S/C14H22N2O2/c1-11-5-7-12(8-6-11)13(17)15-9-14(2,18)10-16(3)4/h5-8,18H,9-10H2,1-4H3,(H,15,17). The van der Waals surface area contributed by atoms with Crippen molar-refractivity contribution in [1.82, 2.24) is 10.2 Å². The second-order valence-electron chi connectivity index (χ2n) is 5.28. The zero-order valence-electron chi connectivity index (χ0n) is 11.5. The van der Waals surface area contributed by atoms with Gasteiger partial charge in [-0.1, -0.05) is 17.7 Å². The lowest BCUT2D eigenvalue weighted by Crippen LogP contribution is -2.47. The van der Waals surface area contributed by atoms with Gasteiger partial charge >= 0.3 is 0 Å². The third-order valence-corrected chi connectivity index (χ3v) is 2.60. The molecule has 1 aromatic carbocycles. The van der Waals surface area contributed by atoms with Gasteiger partial charge in [0.1, 0.15) is 0 Å². The monoisotopic (exact) mass is 250 g/mol. The first-order valence-corrected chi connectivity index (χ1v) is 6.02. The van der Waals surface area contributed by atoms with Crippen molar-refractivity contribution in [3.05, 3.63) is 35.4 Å². The van der Waals surface area contributed by atoms with Crippen molar-refractivity contribution in [2.24, 2.45) is 0 Å². The van der Waals surface area contributed by atoms with Gasteiger partial charge in [0, 0.05) is 18.7 Å². The zero-order valence-corrected chi connectivity index (χ0v) is 11.5. The molecule has 4 heteroatoms. The summed E-state index contributed by atoms with van der Waals surface area (Å²) >= 11 is 0. The quantitative estimate of drug-likeness (QED) is 0.821. The highest BCUT2D eigenvalue weighted by Gasteiger charge is 2.22. The lowest BCUT2D eigenvalue weighted by Gasteiger charge is -2.27. The summed E-state index contributed by atoms with van der Waals surface area (Å²) in [6.07, 6.45) is 0. The fourth-order valence-corrected chi connectivity index (χ4v) is 1.81. The van der Waals surface area contributed by atoms with Crippen molar-refractivity contribution in [2.75, 3.05) is 27.2 Å². The van der Waals surface area contributed by atoms with Crippen LogP contribution in [0.4, 0.5) is 0 Å². The fourth-order valence-electron chi connectivity index (χ4n) is 1.81. The van der Waals surface area contributed by atoms with Crippen LogP contribution in [0.3, 0.4) is 0 Å². The molecular formula is C14H22N2O2. The molecule has 2 N–H and O–H groups in total. The van der Waals surface area contributed by atoms with E-state index in [2.05, 4.69) is 5.32 Å². The number of aryl methyl sites for hydroxylation is 1. The summed E-state index contributed by atoms with van der Waals surface area (Å²) in [7, 11) is 3.77. The number of benzene rings is 1. The molecule has 0 aliphatic carbocycles. The number of nitrogens with zero attached hydrogens (tertiary/aromatic N) is 1. The second kappa shape index (κ2) is 5.98. The predicted octanol–water partition coefficient (Wildman–Crippen LogP) is 1.04. The van der Waals surface area contributed by atoms with Crippen LogP contribution in [0.25, 0.3) is 0 Å². The van der Waals surface area contributed by atoms with Crippen LogP contribution in [0.1, 0.15) is 22.8 Å². The average Bonchev–Trinajstić information content (AvgIpc) is 2.25. The molecule has 4 nitrogen and oxygen atoms in total. The van der Waals surface area contributed by atoms with E-state index in [0.29, 0.717) is 12.1 Å². The number of rotatable bonds is 5. The Morgan fingerprint density at radius 3 is 2.39 bits per heavy atom. The Labute approximate surface area is 109 Å². The summed E-state index contributed by atoms with van der Waals surface area (Å²) in [5.41, 5.74) is 0.802. The summed E-state index contributed by atoms with van der Waals surface area (Å²) in [5.74, 6) is -0.158. The van der Waals surface area contributed by atoms with E-state index >= 15 is 0 Å². The maximum Gasteiger partial charge on any atom is 0.251 e. The van der Waals surface area contributed by atoms with Crippen LogP contribution >= 0.6 is 0 Å².